The van der Waals surface area contributed by atoms with Gasteiger partial charge in [-0.15, -0.1) is 5.73 Å². The molecule has 1 heteroatoms. The predicted octanol–water partition coefficient (Wildman–Crippen LogP) is 3.80. The minimum Gasteiger partial charge on any atom is -0.265 e. The Labute approximate surface area is 97.0 Å². The van der Waals surface area contributed by atoms with Crippen LogP contribution in [0.1, 0.15) is 32.1 Å². The highest BCUT2D eigenvalue weighted by atomic mass is 14.7. The molecule has 1 spiro atoms. The number of nitrogens with zero attached hydrogens (tertiary/aromatic N) is 1. The van der Waals surface area contributed by atoms with E-state index in [0.717, 1.165) is 11.6 Å². The van der Waals surface area contributed by atoms with Gasteiger partial charge in [0.25, 0.3) is 0 Å². The molecule has 0 amide bonds. The summed E-state index contributed by atoms with van der Waals surface area (Å²) in [6.45, 7) is 3.56. The van der Waals surface area contributed by atoms with Gasteiger partial charge in [0.15, 0.2) is 0 Å². The van der Waals surface area contributed by atoms with Gasteiger partial charge in [0.1, 0.15) is 0 Å². The van der Waals surface area contributed by atoms with E-state index in [-0.39, 0.29) is 0 Å². The monoisotopic (exact) mass is 211 g/mol. The highest BCUT2D eigenvalue weighted by Gasteiger charge is 2.55. The van der Waals surface area contributed by atoms with Crippen LogP contribution in [0.3, 0.4) is 0 Å². The van der Waals surface area contributed by atoms with Gasteiger partial charge in [0, 0.05) is 0 Å². The number of hydrogen-bond acceptors (Lipinski definition) is 1. The maximum absolute atomic E-state index is 3.95. The first-order valence-corrected chi connectivity index (χ1v) is 6.16. The summed E-state index contributed by atoms with van der Waals surface area (Å²) in [5.74, 6) is 0.764. The Hall–Kier alpha value is -1.33. The zero-order chi connectivity index (χ0) is 11.0. The summed E-state index contributed by atoms with van der Waals surface area (Å²) in [7, 11) is 0. The van der Waals surface area contributed by atoms with Crippen molar-refractivity contribution in [2.75, 3.05) is 0 Å². The van der Waals surface area contributed by atoms with E-state index in [2.05, 4.69) is 29.6 Å². The molecule has 0 aromatic rings. The second kappa shape index (κ2) is 3.61. The average Bonchev–Trinajstić information content (AvgIpc) is 2.87. The molecule has 82 valence electrons. The van der Waals surface area contributed by atoms with E-state index in [1.807, 2.05) is 12.2 Å². The quantitative estimate of drug-likeness (QED) is 0.486. The Morgan fingerprint density at radius 1 is 1.31 bits per heavy atom. The van der Waals surface area contributed by atoms with Gasteiger partial charge >= 0.3 is 0 Å². The van der Waals surface area contributed by atoms with Crippen molar-refractivity contribution < 1.29 is 0 Å². The van der Waals surface area contributed by atoms with Crippen LogP contribution < -0.4 is 0 Å². The third kappa shape index (κ3) is 1.52. The number of aliphatic imine (C=N–C) groups is 1. The van der Waals surface area contributed by atoms with E-state index in [1.54, 1.807) is 0 Å². The van der Waals surface area contributed by atoms with E-state index in [9.17, 15) is 0 Å². The van der Waals surface area contributed by atoms with Crippen LogP contribution in [0, 0.1) is 11.3 Å². The molecule has 0 N–H and O–H groups in total. The molecule has 0 heterocycles. The molecule has 0 bridgehead atoms. The molecule has 0 aromatic carbocycles. The van der Waals surface area contributed by atoms with E-state index in [1.165, 1.54) is 37.7 Å². The fourth-order valence-corrected chi connectivity index (χ4v) is 3.24. The lowest BCUT2D eigenvalue weighted by Crippen LogP contribution is -1.97. The SMILES string of the molecule is C=NC1=CC=C=C(C2CC23CCCC3)C=C1. The van der Waals surface area contributed by atoms with Crippen LogP contribution in [0.25, 0.3) is 0 Å². The van der Waals surface area contributed by atoms with Gasteiger partial charge in [-0.3, -0.25) is 4.99 Å². The van der Waals surface area contributed by atoms with Crippen molar-refractivity contribution in [3.8, 4) is 0 Å². The second-order valence-corrected chi connectivity index (χ2v) is 5.18. The molecule has 2 saturated carbocycles. The van der Waals surface area contributed by atoms with Gasteiger partial charge in [-0.25, -0.2) is 0 Å². The van der Waals surface area contributed by atoms with Crippen molar-refractivity contribution >= 4 is 6.72 Å². The normalized spacial score (nSPS) is 29.9. The first-order valence-electron chi connectivity index (χ1n) is 6.16. The van der Waals surface area contributed by atoms with Gasteiger partial charge in [-0.05, 0) is 67.2 Å². The first kappa shape index (κ1) is 9.86. The Morgan fingerprint density at radius 3 is 2.88 bits per heavy atom. The van der Waals surface area contributed by atoms with Crippen molar-refractivity contribution in [1.29, 1.82) is 0 Å². The van der Waals surface area contributed by atoms with Crippen LogP contribution in [-0.4, -0.2) is 6.72 Å². The first-order chi connectivity index (χ1) is 7.84. The third-order valence-electron chi connectivity index (χ3n) is 4.28. The summed E-state index contributed by atoms with van der Waals surface area (Å²) in [5, 5.41) is 0. The van der Waals surface area contributed by atoms with Gasteiger partial charge < -0.3 is 0 Å². The Bertz CT molecular complexity index is 438. The molecule has 3 aliphatic rings. The minimum absolute atomic E-state index is 0.659. The van der Waals surface area contributed by atoms with Crippen molar-refractivity contribution in [1.82, 2.24) is 0 Å². The van der Waals surface area contributed by atoms with Gasteiger partial charge in [-0.1, -0.05) is 12.8 Å². The molecule has 1 unspecified atom stereocenters. The summed E-state index contributed by atoms with van der Waals surface area (Å²) in [6, 6.07) is 0. The summed E-state index contributed by atoms with van der Waals surface area (Å²) >= 11 is 0. The van der Waals surface area contributed by atoms with Crippen LogP contribution in [0.4, 0.5) is 0 Å². The summed E-state index contributed by atoms with van der Waals surface area (Å²) < 4.78 is 0. The summed E-state index contributed by atoms with van der Waals surface area (Å²) in [5.41, 5.74) is 6.36. The number of hydrogen-bond donors (Lipinski definition) is 0. The van der Waals surface area contributed by atoms with E-state index in [0.29, 0.717) is 5.41 Å². The molecular formula is C15H17N. The van der Waals surface area contributed by atoms with Crippen molar-refractivity contribution in [2.45, 2.75) is 32.1 Å². The molecule has 3 aliphatic carbocycles. The van der Waals surface area contributed by atoms with Crippen LogP contribution in [0.5, 0.6) is 0 Å². The van der Waals surface area contributed by atoms with Crippen LogP contribution in [0.15, 0.2) is 46.3 Å². The lowest BCUT2D eigenvalue weighted by molar-refractivity contribution is 0.498. The van der Waals surface area contributed by atoms with Crippen LogP contribution in [0.2, 0.25) is 0 Å². The number of allylic oxidation sites excluding steroid dienone is 4. The zero-order valence-electron chi connectivity index (χ0n) is 9.58. The summed E-state index contributed by atoms with van der Waals surface area (Å²) in [4.78, 5) is 3.95. The molecule has 0 aliphatic heterocycles. The summed E-state index contributed by atoms with van der Waals surface area (Å²) in [6.07, 6.45) is 15.3. The third-order valence-corrected chi connectivity index (χ3v) is 4.28. The Kier molecular flexibility index (Phi) is 2.22. The Morgan fingerprint density at radius 2 is 2.12 bits per heavy atom. The van der Waals surface area contributed by atoms with Crippen molar-refractivity contribution in [2.24, 2.45) is 16.3 Å². The van der Waals surface area contributed by atoms with Gasteiger partial charge in [-0.2, -0.15) is 0 Å². The number of rotatable bonds is 2. The highest BCUT2D eigenvalue weighted by molar-refractivity contribution is 5.41. The van der Waals surface area contributed by atoms with Gasteiger partial charge in [0.2, 0.25) is 0 Å². The molecular weight excluding hydrogens is 194 g/mol. The fraction of sp³-hybridized carbons (Fsp3) is 0.467. The topological polar surface area (TPSA) is 12.4 Å². The lowest BCUT2D eigenvalue weighted by atomic mass is 9.97. The Balaban J connectivity index is 1.79. The van der Waals surface area contributed by atoms with Crippen LogP contribution in [-0.2, 0) is 0 Å². The standard InChI is InChI=1S/C15H17N/c1-16-13-6-4-5-12(7-8-13)14-11-15(14)9-2-3-10-15/h4,6-8,14H,1-3,9-11H2. The zero-order valence-corrected chi connectivity index (χ0v) is 9.58. The molecule has 1 atom stereocenters. The molecule has 0 saturated heterocycles. The molecule has 3 rings (SSSR count). The highest BCUT2D eigenvalue weighted by Crippen LogP contribution is 2.65. The molecule has 0 aromatic heterocycles. The maximum atomic E-state index is 3.95. The molecule has 0 radical (unpaired) electrons. The van der Waals surface area contributed by atoms with Gasteiger partial charge in [0.05, 0.1) is 5.70 Å². The lowest BCUT2D eigenvalue weighted by Gasteiger charge is -2.06. The average molecular weight is 211 g/mol. The minimum atomic E-state index is 0.659. The predicted molar refractivity (Wildman–Crippen MR) is 67.4 cm³/mol. The fourth-order valence-electron chi connectivity index (χ4n) is 3.24. The smallest absolute Gasteiger partial charge is 0.0628 e. The van der Waals surface area contributed by atoms with E-state index < -0.39 is 0 Å². The maximum Gasteiger partial charge on any atom is 0.0628 e. The van der Waals surface area contributed by atoms with Crippen molar-refractivity contribution in [3.63, 3.8) is 0 Å². The van der Waals surface area contributed by atoms with E-state index >= 15 is 0 Å². The molecule has 1 nitrogen and oxygen atoms in total. The van der Waals surface area contributed by atoms with Crippen LogP contribution >= 0.6 is 0 Å². The van der Waals surface area contributed by atoms with Crippen molar-refractivity contribution in [3.05, 3.63) is 41.3 Å². The molecule has 2 fully saturated rings. The largest absolute Gasteiger partial charge is 0.265 e. The molecule has 16 heavy (non-hydrogen) atoms. The second-order valence-electron chi connectivity index (χ2n) is 5.18. The van der Waals surface area contributed by atoms with E-state index in [4.69, 9.17) is 0 Å².